The molecule has 200 valence electrons. The number of nitrogens with zero attached hydrogens (tertiary/aromatic N) is 7. The van der Waals surface area contributed by atoms with Crippen LogP contribution in [0.4, 0.5) is 16.4 Å². The molecule has 39 heavy (non-hydrogen) atoms. The van der Waals surface area contributed by atoms with Crippen molar-refractivity contribution in [3.8, 4) is 11.1 Å². The molecule has 2 bridgehead atoms. The molecule has 2 fully saturated rings. The average Bonchev–Trinajstić information content (AvgIpc) is 3.67. The first-order valence-corrected chi connectivity index (χ1v) is 12.7. The summed E-state index contributed by atoms with van der Waals surface area (Å²) in [5, 5.41) is 16.0. The number of nitrogen functional groups attached to an aromatic ring is 1. The molecular formula is C25H27N11O3. The molecule has 0 saturated carbocycles. The lowest BCUT2D eigenvalue weighted by Crippen LogP contribution is -2.46. The molecule has 5 N–H and O–H groups in total. The quantitative estimate of drug-likeness (QED) is 0.280. The van der Waals surface area contributed by atoms with Crippen LogP contribution in [0, 0.1) is 0 Å². The molecule has 0 spiro atoms. The molecular weight excluding hydrogens is 502 g/mol. The molecule has 2 aliphatic rings. The number of fused-ring (bicyclic) bond motifs is 3. The average molecular weight is 530 g/mol. The number of hydrogen-bond donors (Lipinski definition) is 4. The van der Waals surface area contributed by atoms with Crippen molar-refractivity contribution in [1.29, 1.82) is 0 Å². The molecule has 14 nitrogen and oxygen atoms in total. The predicted octanol–water partition coefficient (Wildman–Crippen LogP) is 2.00. The van der Waals surface area contributed by atoms with Gasteiger partial charge in [-0.1, -0.05) is 0 Å². The lowest BCUT2D eigenvalue weighted by Gasteiger charge is -2.38. The Balaban J connectivity index is 1.36. The number of piperidine rings is 1. The minimum Gasteiger partial charge on any atom is -0.383 e. The van der Waals surface area contributed by atoms with Crippen molar-refractivity contribution in [1.82, 2.24) is 45.0 Å². The Bertz CT molecular complexity index is 1570. The molecule has 6 rings (SSSR count). The Morgan fingerprint density at radius 3 is 2.49 bits per heavy atom. The van der Waals surface area contributed by atoms with Gasteiger partial charge in [0.1, 0.15) is 18.0 Å². The van der Waals surface area contributed by atoms with E-state index < -0.39 is 0 Å². The van der Waals surface area contributed by atoms with Gasteiger partial charge in [0.05, 0.1) is 17.5 Å². The summed E-state index contributed by atoms with van der Waals surface area (Å²) in [7, 11) is 1.52. The SMILES string of the molecule is CNC(=O)Nc1ccc(-c2cnn3c(N)c(C(C)=O)c([C@H]4C[C@H]5CC[C@@H](C4)N5C(=O)c4ncn[nH]4)nc23)cn1. The van der Waals surface area contributed by atoms with Crippen molar-refractivity contribution < 1.29 is 14.4 Å². The number of nitrogens with one attached hydrogen (secondary N) is 3. The maximum Gasteiger partial charge on any atom is 0.320 e. The molecule has 0 unspecified atom stereocenters. The number of carbonyl (C=O) groups is 3. The number of urea groups is 1. The van der Waals surface area contributed by atoms with Gasteiger partial charge >= 0.3 is 6.03 Å². The van der Waals surface area contributed by atoms with Crippen molar-refractivity contribution in [2.45, 2.75) is 50.6 Å². The third-order valence-electron chi connectivity index (χ3n) is 7.58. The van der Waals surface area contributed by atoms with E-state index in [0.29, 0.717) is 41.1 Å². The van der Waals surface area contributed by atoms with Crippen LogP contribution in [0.15, 0.2) is 30.9 Å². The first-order chi connectivity index (χ1) is 18.9. The van der Waals surface area contributed by atoms with Crippen LogP contribution in [0.1, 0.15) is 65.2 Å². The minimum absolute atomic E-state index is 0.000597. The molecule has 0 aliphatic carbocycles. The highest BCUT2D eigenvalue weighted by molar-refractivity contribution is 6.00. The zero-order valence-corrected chi connectivity index (χ0v) is 21.4. The number of ketones is 1. The van der Waals surface area contributed by atoms with Crippen LogP contribution in [0.3, 0.4) is 0 Å². The number of aromatic amines is 1. The number of aromatic nitrogens is 7. The number of rotatable bonds is 5. The number of pyridine rings is 1. The van der Waals surface area contributed by atoms with Gasteiger partial charge < -0.3 is 16.0 Å². The van der Waals surface area contributed by atoms with Crippen molar-refractivity contribution >= 4 is 35.0 Å². The van der Waals surface area contributed by atoms with Gasteiger partial charge in [0, 0.05) is 42.4 Å². The van der Waals surface area contributed by atoms with E-state index in [4.69, 9.17) is 10.7 Å². The predicted molar refractivity (Wildman–Crippen MR) is 140 cm³/mol. The van der Waals surface area contributed by atoms with E-state index in [1.807, 2.05) is 4.90 Å². The van der Waals surface area contributed by atoms with Gasteiger partial charge in [0.2, 0.25) is 5.82 Å². The van der Waals surface area contributed by atoms with E-state index in [2.05, 4.69) is 35.9 Å². The fraction of sp³-hybridized carbons (Fsp3) is 0.360. The summed E-state index contributed by atoms with van der Waals surface area (Å²) in [6.07, 6.45) is 7.63. The molecule has 4 aromatic heterocycles. The Kier molecular flexibility index (Phi) is 5.93. The van der Waals surface area contributed by atoms with Gasteiger partial charge in [0.15, 0.2) is 11.4 Å². The molecule has 6 heterocycles. The van der Waals surface area contributed by atoms with Crippen molar-refractivity contribution in [3.05, 3.63) is 47.9 Å². The van der Waals surface area contributed by atoms with E-state index in [-0.39, 0.29) is 47.4 Å². The standard InChI is InChI=1S/C25H27N11O3/c1-12(37)19-20(14-7-15-4-5-16(8-14)35(15)24(38)22-29-11-30-34-22)33-23-17(10-31-36(23)21(19)26)13-3-6-18(28-9-13)32-25(39)27-2/h3,6,9-11,14-16H,4-5,7-8,26H2,1-2H3,(H,29,30,34)(H2,27,28,32,39)/t14-,15+,16-. The highest BCUT2D eigenvalue weighted by Gasteiger charge is 2.45. The van der Waals surface area contributed by atoms with Gasteiger partial charge in [0.25, 0.3) is 5.91 Å². The number of amides is 3. The molecule has 2 saturated heterocycles. The first kappa shape index (κ1) is 24.5. The van der Waals surface area contributed by atoms with Crippen LogP contribution in [-0.4, -0.2) is 76.5 Å². The minimum atomic E-state index is -0.371. The second-order valence-corrected chi connectivity index (χ2v) is 9.84. The highest BCUT2D eigenvalue weighted by Crippen LogP contribution is 2.45. The maximum atomic E-state index is 13.1. The summed E-state index contributed by atoms with van der Waals surface area (Å²) < 4.78 is 1.48. The summed E-state index contributed by atoms with van der Waals surface area (Å²) in [6, 6.07) is 3.11. The first-order valence-electron chi connectivity index (χ1n) is 12.7. The van der Waals surface area contributed by atoms with Crippen molar-refractivity contribution in [2.75, 3.05) is 18.1 Å². The fourth-order valence-corrected chi connectivity index (χ4v) is 5.86. The van der Waals surface area contributed by atoms with E-state index in [9.17, 15) is 14.4 Å². The largest absolute Gasteiger partial charge is 0.383 e. The third-order valence-corrected chi connectivity index (χ3v) is 7.58. The number of hydrogen-bond acceptors (Lipinski definition) is 9. The molecule has 4 aromatic rings. The van der Waals surface area contributed by atoms with Crippen molar-refractivity contribution in [2.24, 2.45) is 0 Å². The summed E-state index contributed by atoms with van der Waals surface area (Å²) in [4.78, 5) is 52.7. The second kappa shape index (κ2) is 9.45. The number of carbonyl (C=O) groups excluding carboxylic acids is 3. The summed E-state index contributed by atoms with van der Waals surface area (Å²) in [5.41, 5.74) is 9.44. The number of Topliss-reactive ketones (excluding diaryl/α,β-unsaturated/α-hetero) is 1. The van der Waals surface area contributed by atoms with Crippen LogP contribution >= 0.6 is 0 Å². The van der Waals surface area contributed by atoms with Crippen LogP contribution in [-0.2, 0) is 0 Å². The van der Waals surface area contributed by atoms with Crippen LogP contribution in [0.25, 0.3) is 16.8 Å². The smallest absolute Gasteiger partial charge is 0.320 e. The molecule has 14 heteroatoms. The lowest BCUT2D eigenvalue weighted by atomic mass is 9.85. The van der Waals surface area contributed by atoms with E-state index in [0.717, 1.165) is 18.4 Å². The summed E-state index contributed by atoms with van der Waals surface area (Å²) in [5.74, 6) is 0.441. The van der Waals surface area contributed by atoms with Gasteiger partial charge in [-0.2, -0.15) is 14.7 Å². The fourth-order valence-electron chi connectivity index (χ4n) is 5.86. The second-order valence-electron chi connectivity index (χ2n) is 9.84. The normalized spacial score (nSPS) is 20.3. The van der Waals surface area contributed by atoms with E-state index in [1.54, 1.807) is 24.5 Å². The molecule has 3 amide bonds. The van der Waals surface area contributed by atoms with Gasteiger partial charge in [-0.05, 0) is 44.7 Å². The van der Waals surface area contributed by atoms with E-state index in [1.165, 1.54) is 24.8 Å². The summed E-state index contributed by atoms with van der Waals surface area (Å²) in [6.45, 7) is 1.48. The monoisotopic (exact) mass is 529 g/mol. The number of nitrogens with two attached hydrogens (primary N) is 1. The lowest BCUT2D eigenvalue weighted by molar-refractivity contribution is 0.0556. The van der Waals surface area contributed by atoms with E-state index >= 15 is 0 Å². The third kappa shape index (κ3) is 4.13. The highest BCUT2D eigenvalue weighted by atomic mass is 16.2. The molecule has 2 aliphatic heterocycles. The Labute approximate surface area is 222 Å². The molecule has 0 radical (unpaired) electrons. The van der Waals surface area contributed by atoms with Gasteiger partial charge in [-0.25, -0.2) is 19.7 Å². The van der Waals surface area contributed by atoms with Gasteiger partial charge in [-0.15, -0.1) is 0 Å². The zero-order valence-electron chi connectivity index (χ0n) is 21.4. The number of H-pyrrole nitrogens is 1. The Morgan fingerprint density at radius 2 is 1.87 bits per heavy atom. The zero-order chi connectivity index (χ0) is 27.3. The van der Waals surface area contributed by atoms with Gasteiger partial charge in [-0.3, -0.25) is 20.0 Å². The molecule has 3 atom stereocenters. The van der Waals surface area contributed by atoms with Crippen molar-refractivity contribution in [3.63, 3.8) is 0 Å². The Morgan fingerprint density at radius 1 is 1.10 bits per heavy atom. The van der Waals surface area contributed by atoms with Crippen LogP contribution < -0.4 is 16.4 Å². The summed E-state index contributed by atoms with van der Waals surface area (Å²) >= 11 is 0. The number of anilines is 2. The van der Waals surface area contributed by atoms with Crippen LogP contribution in [0.5, 0.6) is 0 Å². The van der Waals surface area contributed by atoms with Crippen LogP contribution in [0.2, 0.25) is 0 Å². The topological polar surface area (TPSA) is 189 Å². The molecule has 0 aromatic carbocycles. The maximum absolute atomic E-state index is 13.1. The Hall–Kier alpha value is -4.88.